The number of carboxylic acids is 1. The van der Waals surface area contributed by atoms with E-state index >= 15 is 0 Å². The average Bonchev–Trinajstić information content (AvgIpc) is 2.59. The highest BCUT2D eigenvalue weighted by molar-refractivity contribution is 7.88. The van der Waals surface area contributed by atoms with E-state index in [-0.39, 0.29) is 18.5 Å². The summed E-state index contributed by atoms with van der Waals surface area (Å²) in [7, 11) is -1.98. The van der Waals surface area contributed by atoms with Gasteiger partial charge in [0.2, 0.25) is 10.0 Å². The van der Waals surface area contributed by atoms with Crippen molar-refractivity contribution in [2.75, 3.05) is 26.5 Å². The highest BCUT2D eigenvalue weighted by atomic mass is 32.2. The van der Waals surface area contributed by atoms with Gasteiger partial charge in [0.25, 0.3) is 0 Å². The van der Waals surface area contributed by atoms with Gasteiger partial charge in [0.15, 0.2) is 0 Å². The Morgan fingerprint density at radius 2 is 2.04 bits per heavy atom. The van der Waals surface area contributed by atoms with Crippen LogP contribution in [0.2, 0.25) is 0 Å². The summed E-state index contributed by atoms with van der Waals surface area (Å²) in [5.74, 6) is -1.91. The second-order valence-corrected chi connectivity index (χ2v) is 8.73. The van der Waals surface area contributed by atoms with E-state index in [4.69, 9.17) is 4.74 Å². The number of hydrogen-bond donors (Lipinski definition) is 1. The molecule has 2 bridgehead atoms. The molecule has 0 amide bonds. The molecule has 0 radical (unpaired) electrons. The number of ether oxygens (including phenoxy) is 1. The Bertz CT molecular complexity index is 724. The number of benzene rings is 1. The number of hydrogen-bond acceptors (Lipinski definition) is 5. The number of carboxylic acid groups (broad SMARTS) is 1. The number of aliphatic carboxylic acids is 1. The van der Waals surface area contributed by atoms with Gasteiger partial charge in [-0.2, -0.15) is 4.31 Å². The Kier molecular flexibility index (Phi) is 5.15. The second kappa shape index (κ2) is 7.03. The summed E-state index contributed by atoms with van der Waals surface area (Å²) in [6.07, 6.45) is 1.35. The minimum atomic E-state index is -3.49. The number of nitrogens with zero attached hydrogens (tertiary/aromatic N) is 2. The third-order valence-electron chi connectivity index (χ3n) is 5.30. The van der Waals surface area contributed by atoms with E-state index in [2.05, 4.69) is 0 Å². The largest absolute Gasteiger partial charge is 0.481 e. The normalized spacial score (nSPS) is 32.0. The molecule has 3 aliphatic rings. The summed E-state index contributed by atoms with van der Waals surface area (Å²) in [5.41, 5.74) is 0.888. The Hall–Kier alpha value is -1.48. The summed E-state index contributed by atoms with van der Waals surface area (Å²) in [6, 6.07) is 9.02. The number of sulfonamides is 1. The molecule has 0 spiro atoms. The monoisotopic (exact) mass is 368 g/mol. The molecule has 25 heavy (non-hydrogen) atoms. The maximum atomic E-state index is 12.5. The molecule has 3 fully saturated rings. The Labute approximate surface area is 148 Å². The number of rotatable bonds is 6. The van der Waals surface area contributed by atoms with Gasteiger partial charge in [-0.05, 0) is 17.9 Å². The van der Waals surface area contributed by atoms with Gasteiger partial charge < -0.3 is 9.84 Å². The van der Waals surface area contributed by atoms with Crippen molar-refractivity contribution in [3.63, 3.8) is 0 Å². The summed E-state index contributed by atoms with van der Waals surface area (Å²) in [6.45, 7) is 1.47. The molecule has 1 N–H and O–H groups in total. The third kappa shape index (κ3) is 3.57. The van der Waals surface area contributed by atoms with Crippen LogP contribution in [0.3, 0.4) is 0 Å². The zero-order valence-electron chi connectivity index (χ0n) is 14.4. The summed E-state index contributed by atoms with van der Waals surface area (Å²) < 4.78 is 31.8. The first kappa shape index (κ1) is 18.3. The van der Waals surface area contributed by atoms with Gasteiger partial charge in [-0.1, -0.05) is 30.3 Å². The van der Waals surface area contributed by atoms with Crippen molar-refractivity contribution in [3.8, 4) is 0 Å². The third-order valence-corrected chi connectivity index (χ3v) is 6.55. The fourth-order valence-corrected chi connectivity index (χ4v) is 5.31. The van der Waals surface area contributed by atoms with Gasteiger partial charge in [-0.25, -0.2) is 8.42 Å². The fraction of sp³-hybridized carbons (Fsp3) is 0.588. The van der Waals surface area contributed by atoms with E-state index in [1.165, 1.54) is 17.7 Å². The lowest BCUT2D eigenvalue weighted by Crippen LogP contribution is -2.67. The van der Waals surface area contributed by atoms with Crippen LogP contribution in [0.4, 0.5) is 0 Å². The van der Waals surface area contributed by atoms with E-state index in [1.54, 1.807) is 0 Å². The maximum Gasteiger partial charge on any atom is 0.310 e. The first-order chi connectivity index (χ1) is 11.8. The topological polar surface area (TPSA) is 87.2 Å². The van der Waals surface area contributed by atoms with Gasteiger partial charge in [-0.15, -0.1) is 0 Å². The number of carbonyl (C=O) groups is 1. The van der Waals surface area contributed by atoms with Gasteiger partial charge >= 0.3 is 5.97 Å². The first-order valence-electron chi connectivity index (χ1n) is 8.33. The Morgan fingerprint density at radius 3 is 2.60 bits per heavy atom. The van der Waals surface area contributed by atoms with Crippen LogP contribution in [0, 0.1) is 11.8 Å². The van der Waals surface area contributed by atoms with E-state index < -0.39 is 28.1 Å². The van der Waals surface area contributed by atoms with Crippen molar-refractivity contribution >= 4 is 16.0 Å². The number of fused-ring (bicyclic) bond motifs is 3. The molecule has 8 heteroatoms. The van der Waals surface area contributed by atoms with Crippen LogP contribution in [0.25, 0.3) is 0 Å². The lowest BCUT2D eigenvalue weighted by atomic mass is 9.74. The lowest BCUT2D eigenvalue weighted by molar-refractivity contribution is -0.189. The number of methoxy groups -OCH3 is 1. The van der Waals surface area contributed by atoms with Crippen molar-refractivity contribution in [2.24, 2.45) is 11.8 Å². The first-order valence-corrected chi connectivity index (χ1v) is 10.2. The van der Waals surface area contributed by atoms with Crippen molar-refractivity contribution in [2.45, 2.75) is 25.2 Å². The molecule has 138 valence electrons. The minimum absolute atomic E-state index is 0.249. The highest BCUT2D eigenvalue weighted by Gasteiger charge is 2.53. The van der Waals surface area contributed by atoms with E-state index in [1.807, 2.05) is 35.2 Å². The summed E-state index contributed by atoms with van der Waals surface area (Å²) >= 11 is 0. The van der Waals surface area contributed by atoms with Crippen molar-refractivity contribution in [1.29, 1.82) is 0 Å². The SMILES string of the molecule is COC1C(C(=O)O)C2CCN1CC2N(Cc1ccccc1)S(C)(=O)=O. The predicted octanol–water partition coefficient (Wildman–Crippen LogP) is 0.826. The molecular weight excluding hydrogens is 344 g/mol. The Morgan fingerprint density at radius 1 is 1.36 bits per heavy atom. The molecule has 1 aromatic carbocycles. The quantitative estimate of drug-likeness (QED) is 0.800. The zero-order chi connectivity index (χ0) is 18.2. The van der Waals surface area contributed by atoms with E-state index in [0.29, 0.717) is 13.0 Å². The van der Waals surface area contributed by atoms with Gasteiger partial charge in [0.1, 0.15) is 12.1 Å². The fourth-order valence-electron chi connectivity index (χ4n) is 4.21. The molecule has 4 rings (SSSR count). The lowest BCUT2D eigenvalue weighted by Gasteiger charge is -2.54. The van der Waals surface area contributed by atoms with Crippen molar-refractivity contribution in [3.05, 3.63) is 35.9 Å². The van der Waals surface area contributed by atoms with Crippen molar-refractivity contribution < 1.29 is 23.1 Å². The second-order valence-electron chi connectivity index (χ2n) is 6.80. The van der Waals surface area contributed by atoms with Crippen LogP contribution in [-0.4, -0.2) is 67.4 Å². The van der Waals surface area contributed by atoms with Gasteiger partial charge in [0.05, 0.1) is 6.26 Å². The van der Waals surface area contributed by atoms with Crippen LogP contribution in [0.15, 0.2) is 30.3 Å². The molecule has 0 aliphatic carbocycles. The molecule has 3 aliphatic heterocycles. The molecule has 1 aromatic rings. The molecule has 3 saturated heterocycles. The molecule has 5 unspecified atom stereocenters. The molecule has 3 heterocycles. The van der Waals surface area contributed by atoms with E-state index in [0.717, 1.165) is 12.1 Å². The van der Waals surface area contributed by atoms with Crippen LogP contribution in [0.5, 0.6) is 0 Å². The van der Waals surface area contributed by atoms with Crippen LogP contribution >= 0.6 is 0 Å². The van der Waals surface area contributed by atoms with Crippen LogP contribution < -0.4 is 0 Å². The minimum Gasteiger partial charge on any atom is -0.481 e. The average molecular weight is 368 g/mol. The van der Waals surface area contributed by atoms with E-state index in [9.17, 15) is 18.3 Å². The molecule has 0 aromatic heterocycles. The maximum absolute atomic E-state index is 12.5. The van der Waals surface area contributed by atoms with Gasteiger partial charge in [-0.3, -0.25) is 9.69 Å². The molecule has 0 saturated carbocycles. The summed E-state index contributed by atoms with van der Waals surface area (Å²) in [4.78, 5) is 13.8. The molecule has 5 atom stereocenters. The van der Waals surface area contributed by atoms with Gasteiger partial charge in [0, 0.05) is 32.8 Å². The summed E-state index contributed by atoms with van der Waals surface area (Å²) in [5, 5.41) is 9.68. The number of piperidine rings is 3. The zero-order valence-corrected chi connectivity index (χ0v) is 15.2. The molecular formula is C17H24N2O5S. The predicted molar refractivity (Wildman–Crippen MR) is 92.2 cm³/mol. The smallest absolute Gasteiger partial charge is 0.310 e. The highest BCUT2D eigenvalue weighted by Crippen LogP contribution is 2.41. The van der Waals surface area contributed by atoms with Crippen LogP contribution in [-0.2, 0) is 26.1 Å². The standard InChI is InChI=1S/C17H24N2O5S/c1-24-16-15(17(20)21)13-8-9-18(16)11-14(13)19(25(2,22)23)10-12-6-4-3-5-7-12/h3-7,13-16H,8-11H2,1-2H3,(H,20,21). The van der Waals surface area contributed by atoms with Crippen molar-refractivity contribution in [1.82, 2.24) is 9.21 Å². The van der Waals surface area contributed by atoms with Crippen LogP contribution in [0.1, 0.15) is 12.0 Å². The Balaban J connectivity index is 1.93. The molecule has 7 nitrogen and oxygen atoms in total.